The lowest BCUT2D eigenvalue weighted by Gasteiger charge is -2.31. The molecule has 3 aromatic rings. The van der Waals surface area contributed by atoms with Gasteiger partial charge in [0.05, 0.1) is 18.0 Å². The molecule has 0 spiro atoms. The third-order valence-electron chi connectivity index (χ3n) is 5.57. The molecule has 1 aliphatic heterocycles. The number of piperidine rings is 1. The molecular weight excluding hydrogens is 404 g/mol. The first-order chi connectivity index (χ1) is 15.0. The minimum absolute atomic E-state index is 0.146. The number of hydrogen-bond acceptors (Lipinski definition) is 5. The molecule has 0 atom stereocenters. The maximum Gasteiger partial charge on any atom is 0.221 e. The van der Waals surface area contributed by atoms with E-state index in [1.165, 1.54) is 31.2 Å². The SMILES string of the molecule is CC(=O)Nc1ccc(OCCCN2CCC(c3noc4cc(F)ccc34)CC2)cc1F. The number of nitrogens with zero attached hydrogens (tertiary/aromatic N) is 2. The summed E-state index contributed by atoms with van der Waals surface area (Å²) in [5, 5.41) is 7.52. The highest BCUT2D eigenvalue weighted by Crippen LogP contribution is 2.32. The van der Waals surface area contributed by atoms with E-state index >= 15 is 0 Å². The van der Waals surface area contributed by atoms with Crippen molar-refractivity contribution < 1.29 is 22.8 Å². The summed E-state index contributed by atoms with van der Waals surface area (Å²) in [6, 6.07) is 8.99. The molecule has 164 valence electrons. The third-order valence-corrected chi connectivity index (χ3v) is 5.57. The normalized spacial score (nSPS) is 15.3. The minimum Gasteiger partial charge on any atom is -0.493 e. The van der Waals surface area contributed by atoms with E-state index < -0.39 is 5.82 Å². The molecule has 1 aliphatic rings. The number of benzene rings is 2. The number of nitrogens with one attached hydrogen (secondary N) is 1. The Kier molecular flexibility index (Phi) is 6.46. The minimum atomic E-state index is -0.516. The highest BCUT2D eigenvalue weighted by Gasteiger charge is 2.25. The number of aromatic nitrogens is 1. The predicted molar refractivity (Wildman–Crippen MR) is 113 cm³/mol. The van der Waals surface area contributed by atoms with Gasteiger partial charge in [0, 0.05) is 36.9 Å². The lowest BCUT2D eigenvalue weighted by atomic mass is 9.91. The number of rotatable bonds is 7. The summed E-state index contributed by atoms with van der Waals surface area (Å²) in [6.07, 6.45) is 2.76. The summed E-state index contributed by atoms with van der Waals surface area (Å²) >= 11 is 0. The van der Waals surface area contributed by atoms with Crippen LogP contribution in [-0.4, -0.2) is 42.2 Å². The zero-order chi connectivity index (χ0) is 21.8. The van der Waals surface area contributed by atoms with Gasteiger partial charge in [-0.3, -0.25) is 4.79 Å². The van der Waals surface area contributed by atoms with Crippen LogP contribution in [0.25, 0.3) is 11.0 Å². The first-order valence-electron chi connectivity index (χ1n) is 10.5. The molecule has 2 aromatic carbocycles. The molecule has 1 amide bonds. The number of amides is 1. The summed E-state index contributed by atoms with van der Waals surface area (Å²) in [5.41, 5.74) is 1.56. The Morgan fingerprint density at radius 1 is 1.23 bits per heavy atom. The molecule has 0 radical (unpaired) electrons. The summed E-state index contributed by atoms with van der Waals surface area (Å²) in [6.45, 7) is 4.60. The van der Waals surface area contributed by atoms with E-state index in [9.17, 15) is 13.6 Å². The molecule has 2 heterocycles. The third kappa shape index (κ3) is 5.19. The number of ether oxygens (including phenoxy) is 1. The van der Waals surface area contributed by atoms with Gasteiger partial charge >= 0.3 is 0 Å². The molecule has 1 saturated heterocycles. The zero-order valence-electron chi connectivity index (χ0n) is 17.4. The van der Waals surface area contributed by atoms with E-state index in [4.69, 9.17) is 9.26 Å². The van der Waals surface area contributed by atoms with Gasteiger partial charge in [0.25, 0.3) is 0 Å². The molecule has 8 heteroatoms. The number of hydrogen-bond donors (Lipinski definition) is 1. The van der Waals surface area contributed by atoms with Gasteiger partial charge in [-0.2, -0.15) is 0 Å². The maximum absolute atomic E-state index is 13.9. The smallest absolute Gasteiger partial charge is 0.221 e. The van der Waals surface area contributed by atoms with E-state index in [0.717, 1.165) is 50.0 Å². The van der Waals surface area contributed by atoms with Gasteiger partial charge in [-0.15, -0.1) is 0 Å². The number of carbonyl (C=O) groups excluding carboxylic acids is 1. The highest BCUT2D eigenvalue weighted by molar-refractivity contribution is 5.88. The van der Waals surface area contributed by atoms with Gasteiger partial charge < -0.3 is 19.5 Å². The lowest BCUT2D eigenvalue weighted by molar-refractivity contribution is -0.114. The Morgan fingerprint density at radius 2 is 2.03 bits per heavy atom. The number of carbonyl (C=O) groups is 1. The first-order valence-corrected chi connectivity index (χ1v) is 10.5. The van der Waals surface area contributed by atoms with Crippen molar-refractivity contribution in [1.82, 2.24) is 10.1 Å². The molecular formula is C23H25F2N3O3. The van der Waals surface area contributed by atoms with Gasteiger partial charge in [-0.1, -0.05) is 5.16 Å². The summed E-state index contributed by atoms with van der Waals surface area (Å²) in [5.74, 6) is -0.400. The van der Waals surface area contributed by atoms with Crippen LogP contribution < -0.4 is 10.1 Å². The molecule has 0 saturated carbocycles. The van der Waals surface area contributed by atoms with Crippen LogP contribution in [-0.2, 0) is 4.79 Å². The second kappa shape index (κ2) is 9.43. The Morgan fingerprint density at radius 3 is 2.77 bits per heavy atom. The highest BCUT2D eigenvalue weighted by atomic mass is 19.1. The van der Waals surface area contributed by atoms with E-state index in [-0.39, 0.29) is 17.4 Å². The number of fused-ring (bicyclic) bond motifs is 1. The first kappa shape index (κ1) is 21.2. The van der Waals surface area contributed by atoms with Crippen molar-refractivity contribution in [2.45, 2.75) is 32.1 Å². The Bertz CT molecular complexity index is 1060. The van der Waals surface area contributed by atoms with E-state index in [0.29, 0.717) is 23.9 Å². The van der Waals surface area contributed by atoms with Crippen LogP contribution in [0.1, 0.15) is 37.8 Å². The molecule has 0 unspecified atom stereocenters. The Labute approximate surface area is 179 Å². The van der Waals surface area contributed by atoms with Gasteiger partial charge in [0.15, 0.2) is 5.58 Å². The predicted octanol–water partition coefficient (Wildman–Crippen LogP) is 4.71. The Balaban J connectivity index is 1.21. The number of likely N-dealkylation sites (tertiary alicyclic amines) is 1. The van der Waals surface area contributed by atoms with E-state index in [1.807, 2.05) is 0 Å². The quantitative estimate of drug-likeness (QED) is 0.551. The molecule has 0 aliphatic carbocycles. The molecule has 0 bridgehead atoms. The van der Waals surface area contributed by atoms with Crippen LogP contribution in [0.4, 0.5) is 14.5 Å². The topological polar surface area (TPSA) is 67.6 Å². The number of anilines is 1. The van der Waals surface area contributed by atoms with E-state index in [2.05, 4.69) is 15.4 Å². The van der Waals surface area contributed by atoms with Gasteiger partial charge in [-0.05, 0) is 56.6 Å². The van der Waals surface area contributed by atoms with Crippen molar-refractivity contribution in [3.8, 4) is 5.75 Å². The summed E-state index contributed by atoms with van der Waals surface area (Å²) in [7, 11) is 0. The van der Waals surface area contributed by atoms with Crippen molar-refractivity contribution in [2.75, 3.05) is 31.6 Å². The van der Waals surface area contributed by atoms with Crippen molar-refractivity contribution >= 4 is 22.6 Å². The van der Waals surface area contributed by atoms with Crippen LogP contribution in [0, 0.1) is 11.6 Å². The largest absolute Gasteiger partial charge is 0.493 e. The Hall–Kier alpha value is -3.00. The van der Waals surface area contributed by atoms with E-state index in [1.54, 1.807) is 12.1 Å². The molecule has 4 rings (SSSR count). The van der Waals surface area contributed by atoms with Crippen LogP contribution in [0.5, 0.6) is 5.75 Å². The fourth-order valence-corrected chi connectivity index (χ4v) is 4.01. The maximum atomic E-state index is 13.9. The molecule has 31 heavy (non-hydrogen) atoms. The molecule has 1 fully saturated rings. The fraction of sp³-hybridized carbons (Fsp3) is 0.391. The van der Waals surface area contributed by atoms with Crippen molar-refractivity contribution in [3.63, 3.8) is 0 Å². The standard InChI is InChI=1S/C23H25F2N3O3/c1-15(29)26-21-6-4-18(14-20(21)25)30-12-2-9-28-10-7-16(8-11-28)23-19-5-3-17(24)13-22(19)31-27-23/h3-6,13-14,16H,2,7-12H2,1H3,(H,26,29). The second-order valence-corrected chi connectivity index (χ2v) is 7.85. The average molecular weight is 429 g/mol. The zero-order valence-corrected chi connectivity index (χ0v) is 17.4. The van der Waals surface area contributed by atoms with Gasteiger partial charge in [-0.25, -0.2) is 8.78 Å². The van der Waals surface area contributed by atoms with Crippen LogP contribution in [0.2, 0.25) is 0 Å². The number of halogens is 2. The molecule has 1 N–H and O–H groups in total. The van der Waals surface area contributed by atoms with Crippen molar-refractivity contribution in [2.24, 2.45) is 0 Å². The fourth-order valence-electron chi connectivity index (χ4n) is 4.01. The van der Waals surface area contributed by atoms with Crippen LogP contribution in [0.15, 0.2) is 40.9 Å². The second-order valence-electron chi connectivity index (χ2n) is 7.85. The van der Waals surface area contributed by atoms with Crippen molar-refractivity contribution in [1.29, 1.82) is 0 Å². The molecule has 6 nitrogen and oxygen atoms in total. The average Bonchev–Trinajstić information content (AvgIpc) is 3.16. The van der Waals surface area contributed by atoms with Crippen LogP contribution >= 0.6 is 0 Å². The lowest BCUT2D eigenvalue weighted by Crippen LogP contribution is -2.34. The summed E-state index contributed by atoms with van der Waals surface area (Å²) in [4.78, 5) is 13.4. The van der Waals surface area contributed by atoms with Crippen molar-refractivity contribution in [3.05, 3.63) is 53.7 Å². The van der Waals surface area contributed by atoms with Gasteiger partial charge in [0.2, 0.25) is 5.91 Å². The molecule has 1 aromatic heterocycles. The monoisotopic (exact) mass is 429 g/mol. The summed E-state index contributed by atoms with van der Waals surface area (Å²) < 4.78 is 38.2. The van der Waals surface area contributed by atoms with Gasteiger partial charge in [0.1, 0.15) is 17.4 Å². The van der Waals surface area contributed by atoms with Crippen LogP contribution in [0.3, 0.4) is 0 Å².